The van der Waals surface area contributed by atoms with Gasteiger partial charge in [0.15, 0.2) is 0 Å². The van der Waals surface area contributed by atoms with Crippen LogP contribution in [0.2, 0.25) is 0 Å². The van der Waals surface area contributed by atoms with Crippen molar-refractivity contribution in [3.63, 3.8) is 0 Å². The fraction of sp³-hybridized carbons (Fsp3) is 0.923. The van der Waals surface area contributed by atoms with Crippen molar-refractivity contribution >= 4 is 5.97 Å². The van der Waals surface area contributed by atoms with Gasteiger partial charge in [-0.3, -0.25) is 9.69 Å². The summed E-state index contributed by atoms with van der Waals surface area (Å²) in [6.45, 7) is 4.88. The molecule has 4 nitrogen and oxygen atoms in total. The monoisotopic (exact) mass is 240 g/mol. The van der Waals surface area contributed by atoms with Crippen molar-refractivity contribution in [3.05, 3.63) is 0 Å². The van der Waals surface area contributed by atoms with Crippen molar-refractivity contribution in [2.75, 3.05) is 6.54 Å². The van der Waals surface area contributed by atoms with E-state index in [2.05, 4.69) is 11.8 Å². The third-order valence-electron chi connectivity index (χ3n) is 3.96. The third kappa shape index (κ3) is 3.42. The quantitative estimate of drug-likeness (QED) is 0.706. The van der Waals surface area contributed by atoms with Crippen molar-refractivity contribution in [1.29, 1.82) is 0 Å². The van der Waals surface area contributed by atoms with Crippen molar-refractivity contribution in [1.82, 2.24) is 4.90 Å². The summed E-state index contributed by atoms with van der Waals surface area (Å²) in [6, 6.07) is 0.962. The number of carboxylic acids is 1. The van der Waals surface area contributed by atoms with Crippen LogP contribution in [-0.2, 0) is 4.79 Å². The highest BCUT2D eigenvalue weighted by atomic mass is 16.4. The van der Waals surface area contributed by atoms with E-state index < -0.39 is 11.5 Å². The predicted molar refractivity (Wildman–Crippen MR) is 66.8 cm³/mol. The molecule has 0 heterocycles. The first-order valence-electron chi connectivity index (χ1n) is 6.68. The fourth-order valence-electron chi connectivity index (χ4n) is 2.51. The van der Waals surface area contributed by atoms with E-state index >= 15 is 0 Å². The van der Waals surface area contributed by atoms with Gasteiger partial charge in [-0.25, -0.2) is 0 Å². The Balaban J connectivity index is 1.90. The lowest BCUT2D eigenvalue weighted by atomic mass is 9.94. The molecule has 17 heavy (non-hydrogen) atoms. The number of hydrogen-bond acceptors (Lipinski definition) is 3. The second kappa shape index (κ2) is 4.58. The number of nitrogens with two attached hydrogens (primary N) is 1. The highest BCUT2D eigenvalue weighted by Crippen LogP contribution is 2.36. The number of carboxylic acid groups (broad SMARTS) is 1. The molecule has 0 aliphatic heterocycles. The molecule has 0 spiro atoms. The lowest BCUT2D eigenvalue weighted by Gasteiger charge is -2.33. The molecule has 0 saturated heterocycles. The van der Waals surface area contributed by atoms with Gasteiger partial charge in [0, 0.05) is 18.6 Å². The van der Waals surface area contributed by atoms with Gasteiger partial charge >= 0.3 is 5.97 Å². The Morgan fingerprint density at radius 1 is 1.47 bits per heavy atom. The summed E-state index contributed by atoms with van der Waals surface area (Å²) in [6.07, 6.45) is 5.76. The van der Waals surface area contributed by atoms with Crippen LogP contribution < -0.4 is 5.73 Å². The van der Waals surface area contributed by atoms with E-state index in [1.807, 2.05) is 0 Å². The molecule has 4 heteroatoms. The van der Waals surface area contributed by atoms with Crippen LogP contribution in [-0.4, -0.2) is 40.1 Å². The zero-order valence-electron chi connectivity index (χ0n) is 10.9. The van der Waals surface area contributed by atoms with E-state index in [0.717, 1.165) is 12.5 Å². The summed E-state index contributed by atoms with van der Waals surface area (Å²) < 4.78 is 0. The van der Waals surface area contributed by atoms with Crippen molar-refractivity contribution in [3.8, 4) is 0 Å². The van der Waals surface area contributed by atoms with Crippen LogP contribution in [0.15, 0.2) is 0 Å². The molecule has 2 unspecified atom stereocenters. The predicted octanol–water partition coefficient (Wildman–Crippen LogP) is 1.44. The SMILES string of the molecule is CC(CC(C)(N)C(=O)O)N(CC1CC1)C1CC1. The van der Waals surface area contributed by atoms with Gasteiger partial charge in [-0.05, 0) is 51.9 Å². The second-order valence-corrected chi connectivity index (χ2v) is 6.15. The maximum atomic E-state index is 11.1. The molecule has 0 radical (unpaired) electrons. The minimum absolute atomic E-state index is 0.272. The Hall–Kier alpha value is -0.610. The lowest BCUT2D eigenvalue weighted by molar-refractivity contribution is -0.143. The van der Waals surface area contributed by atoms with E-state index in [9.17, 15) is 4.79 Å². The van der Waals surface area contributed by atoms with Crippen LogP contribution >= 0.6 is 0 Å². The summed E-state index contributed by atoms with van der Waals surface area (Å²) in [7, 11) is 0. The molecule has 0 bridgehead atoms. The third-order valence-corrected chi connectivity index (χ3v) is 3.96. The molecule has 2 atom stereocenters. The topological polar surface area (TPSA) is 66.6 Å². The van der Waals surface area contributed by atoms with Gasteiger partial charge in [-0.1, -0.05) is 0 Å². The van der Waals surface area contributed by atoms with E-state index in [-0.39, 0.29) is 6.04 Å². The molecule has 98 valence electrons. The largest absolute Gasteiger partial charge is 0.480 e. The number of aliphatic carboxylic acids is 1. The standard InChI is InChI=1S/C13H24N2O2/c1-9(7-13(2,14)12(16)17)15(11-5-6-11)8-10-3-4-10/h9-11H,3-8,14H2,1-2H3,(H,16,17). The number of nitrogens with zero attached hydrogens (tertiary/aromatic N) is 1. The maximum absolute atomic E-state index is 11.1. The first-order valence-corrected chi connectivity index (χ1v) is 6.68. The molecular formula is C13H24N2O2. The molecule has 2 rings (SSSR count). The van der Waals surface area contributed by atoms with E-state index in [4.69, 9.17) is 10.8 Å². The van der Waals surface area contributed by atoms with E-state index in [1.165, 1.54) is 25.7 Å². The van der Waals surface area contributed by atoms with Crippen molar-refractivity contribution in [2.45, 2.75) is 63.6 Å². The fourth-order valence-corrected chi connectivity index (χ4v) is 2.51. The van der Waals surface area contributed by atoms with Crippen LogP contribution in [0.25, 0.3) is 0 Å². The summed E-state index contributed by atoms with van der Waals surface area (Å²) in [5.74, 6) is -0.0431. The molecule has 2 saturated carbocycles. The molecule has 3 N–H and O–H groups in total. The number of carbonyl (C=O) groups is 1. The average Bonchev–Trinajstić information content (AvgIpc) is 3.07. The smallest absolute Gasteiger partial charge is 0.323 e. The first-order chi connectivity index (χ1) is 7.90. The summed E-state index contributed by atoms with van der Waals surface area (Å²) in [4.78, 5) is 13.5. The zero-order valence-corrected chi connectivity index (χ0v) is 10.9. The summed E-state index contributed by atoms with van der Waals surface area (Å²) in [5.41, 5.74) is 4.74. The lowest BCUT2D eigenvalue weighted by Crippen LogP contribution is -2.51. The van der Waals surface area contributed by atoms with Gasteiger partial charge in [-0.15, -0.1) is 0 Å². The Labute approximate surface area is 103 Å². The van der Waals surface area contributed by atoms with Crippen molar-refractivity contribution < 1.29 is 9.90 Å². The van der Waals surface area contributed by atoms with Gasteiger partial charge in [0.1, 0.15) is 5.54 Å². The highest BCUT2D eigenvalue weighted by molar-refractivity contribution is 5.77. The van der Waals surface area contributed by atoms with Gasteiger partial charge in [-0.2, -0.15) is 0 Å². The molecule has 0 aromatic heterocycles. The molecule has 0 amide bonds. The molecule has 2 aliphatic carbocycles. The zero-order chi connectivity index (χ0) is 12.6. The van der Waals surface area contributed by atoms with Gasteiger partial charge in [0.2, 0.25) is 0 Å². The van der Waals surface area contributed by atoms with Crippen LogP contribution in [0.3, 0.4) is 0 Å². The Bertz CT molecular complexity index is 296. The van der Waals surface area contributed by atoms with Crippen LogP contribution in [0, 0.1) is 5.92 Å². The van der Waals surface area contributed by atoms with Crippen LogP contribution in [0.5, 0.6) is 0 Å². The maximum Gasteiger partial charge on any atom is 0.323 e. The first kappa shape index (κ1) is 12.8. The van der Waals surface area contributed by atoms with E-state index in [0.29, 0.717) is 12.5 Å². The van der Waals surface area contributed by atoms with Crippen molar-refractivity contribution in [2.24, 2.45) is 11.7 Å². The second-order valence-electron chi connectivity index (χ2n) is 6.15. The highest BCUT2D eigenvalue weighted by Gasteiger charge is 2.39. The summed E-state index contributed by atoms with van der Waals surface area (Å²) in [5, 5.41) is 9.08. The van der Waals surface area contributed by atoms with Gasteiger partial charge in [0.25, 0.3) is 0 Å². The van der Waals surface area contributed by atoms with Gasteiger partial charge < -0.3 is 10.8 Å². The summed E-state index contributed by atoms with van der Waals surface area (Å²) >= 11 is 0. The Morgan fingerprint density at radius 2 is 2.06 bits per heavy atom. The minimum Gasteiger partial charge on any atom is -0.480 e. The molecule has 2 fully saturated rings. The minimum atomic E-state index is -1.10. The van der Waals surface area contributed by atoms with Crippen LogP contribution in [0.4, 0.5) is 0 Å². The number of rotatable bonds is 7. The number of hydrogen-bond donors (Lipinski definition) is 2. The van der Waals surface area contributed by atoms with Crippen LogP contribution in [0.1, 0.15) is 46.0 Å². The Morgan fingerprint density at radius 3 is 2.47 bits per heavy atom. The normalized spacial score (nSPS) is 25.6. The van der Waals surface area contributed by atoms with E-state index in [1.54, 1.807) is 6.92 Å². The molecule has 0 aromatic rings. The Kier molecular flexibility index (Phi) is 3.46. The average molecular weight is 240 g/mol. The molecule has 2 aliphatic rings. The molecule has 0 aromatic carbocycles. The molecular weight excluding hydrogens is 216 g/mol. The van der Waals surface area contributed by atoms with Gasteiger partial charge in [0.05, 0.1) is 0 Å².